The second-order valence-electron chi connectivity index (χ2n) is 19.9. The Morgan fingerprint density at radius 3 is 0.929 bits per heavy atom. The summed E-state index contributed by atoms with van der Waals surface area (Å²) in [4.78, 5) is 38.1. The largest absolute Gasteiger partial charge is 0.462 e. The van der Waals surface area contributed by atoms with Crippen molar-refractivity contribution < 1.29 is 28.6 Å². The third-order valence-corrected chi connectivity index (χ3v) is 12.9. The summed E-state index contributed by atoms with van der Waals surface area (Å²) in [6.45, 7) is 6.47. The van der Waals surface area contributed by atoms with Gasteiger partial charge in [-0.15, -0.1) is 0 Å². The molecular formula is C64H112O6. The van der Waals surface area contributed by atoms with Crippen LogP contribution >= 0.6 is 0 Å². The van der Waals surface area contributed by atoms with Crippen molar-refractivity contribution in [3.05, 3.63) is 72.9 Å². The Bertz CT molecular complexity index is 1310. The van der Waals surface area contributed by atoms with Crippen LogP contribution in [-0.4, -0.2) is 37.2 Å². The smallest absolute Gasteiger partial charge is 0.306 e. The molecule has 1 atom stereocenters. The predicted octanol–water partition coefficient (Wildman–Crippen LogP) is 20.2. The molecule has 0 amide bonds. The van der Waals surface area contributed by atoms with Crippen LogP contribution in [-0.2, 0) is 28.6 Å². The van der Waals surface area contributed by atoms with Gasteiger partial charge in [0, 0.05) is 19.3 Å². The minimum absolute atomic E-state index is 0.0789. The number of unbranched alkanes of at least 4 members (excludes halogenated alkanes) is 31. The first-order chi connectivity index (χ1) is 34.5. The lowest BCUT2D eigenvalue weighted by atomic mass is 10.0. The van der Waals surface area contributed by atoms with Gasteiger partial charge in [0.15, 0.2) is 6.10 Å². The van der Waals surface area contributed by atoms with Crippen LogP contribution in [0.25, 0.3) is 0 Å². The van der Waals surface area contributed by atoms with Crippen molar-refractivity contribution in [2.45, 2.75) is 303 Å². The van der Waals surface area contributed by atoms with E-state index >= 15 is 0 Å². The van der Waals surface area contributed by atoms with Gasteiger partial charge in [-0.05, 0) is 103 Å². The molecule has 404 valence electrons. The van der Waals surface area contributed by atoms with Crippen LogP contribution in [0.15, 0.2) is 72.9 Å². The number of hydrogen-bond donors (Lipinski definition) is 0. The second-order valence-corrected chi connectivity index (χ2v) is 19.9. The van der Waals surface area contributed by atoms with Crippen LogP contribution in [0.4, 0.5) is 0 Å². The van der Waals surface area contributed by atoms with Gasteiger partial charge in [0.2, 0.25) is 0 Å². The first-order valence-electron chi connectivity index (χ1n) is 29.9. The quantitative estimate of drug-likeness (QED) is 0.0261. The molecule has 0 bridgehead atoms. The minimum Gasteiger partial charge on any atom is -0.462 e. The standard InChI is InChI=1S/C64H112O6/c1-4-7-10-13-16-19-22-24-25-26-27-28-29-30-31-32-33-34-35-36-37-38-39-40-43-45-48-51-54-57-63(66)69-60-61(59-68-62(65)56-53-50-47-44-41-21-18-15-12-9-6-3)70-64(67)58-55-52-49-46-42-23-20-17-14-11-8-5-2/h7,10,15-20,24-25,27-28,61H,4-6,8-9,11-14,21-23,26,29-60H2,1-3H3/b10-7-,18-15-,19-16-,20-17-,25-24-,28-27-. The molecule has 0 saturated heterocycles. The van der Waals surface area contributed by atoms with Crippen LogP contribution < -0.4 is 0 Å². The van der Waals surface area contributed by atoms with Gasteiger partial charge in [-0.1, -0.05) is 248 Å². The van der Waals surface area contributed by atoms with Gasteiger partial charge in [-0.3, -0.25) is 14.4 Å². The van der Waals surface area contributed by atoms with E-state index in [1.165, 1.54) is 154 Å². The predicted molar refractivity (Wildman–Crippen MR) is 302 cm³/mol. The number of allylic oxidation sites excluding steroid dienone is 12. The lowest BCUT2D eigenvalue weighted by Crippen LogP contribution is -2.30. The van der Waals surface area contributed by atoms with E-state index in [9.17, 15) is 14.4 Å². The molecule has 0 rings (SSSR count). The molecule has 0 saturated carbocycles. The van der Waals surface area contributed by atoms with E-state index < -0.39 is 6.10 Å². The lowest BCUT2D eigenvalue weighted by molar-refractivity contribution is -0.167. The molecule has 6 heteroatoms. The Hall–Kier alpha value is -3.15. The molecule has 0 spiro atoms. The van der Waals surface area contributed by atoms with E-state index in [1.807, 2.05) is 0 Å². The SMILES string of the molecule is CC/C=C\C/C=C\C/C=C\C/C=C\CCCCCCCCCCCCCCCCCCC(=O)OCC(COC(=O)CCCCCCC/C=C\CCCC)OC(=O)CCCCCCC/C=C\CCCCC. The van der Waals surface area contributed by atoms with Crippen molar-refractivity contribution in [2.75, 3.05) is 13.2 Å². The van der Waals surface area contributed by atoms with Gasteiger partial charge in [-0.25, -0.2) is 0 Å². The molecular weight excluding hydrogens is 865 g/mol. The average Bonchev–Trinajstić information content (AvgIpc) is 3.36. The molecule has 0 aromatic rings. The molecule has 0 heterocycles. The molecule has 0 aliphatic carbocycles. The summed E-state index contributed by atoms with van der Waals surface area (Å²) in [5.74, 6) is -0.890. The average molecular weight is 978 g/mol. The number of esters is 3. The second kappa shape index (κ2) is 58.4. The topological polar surface area (TPSA) is 78.9 Å². The van der Waals surface area contributed by atoms with Crippen LogP contribution in [0.3, 0.4) is 0 Å². The molecule has 0 radical (unpaired) electrons. The van der Waals surface area contributed by atoms with Crippen molar-refractivity contribution in [2.24, 2.45) is 0 Å². The van der Waals surface area contributed by atoms with Crippen molar-refractivity contribution in [3.63, 3.8) is 0 Å². The van der Waals surface area contributed by atoms with Crippen molar-refractivity contribution in [1.82, 2.24) is 0 Å². The maximum absolute atomic E-state index is 12.8. The summed E-state index contributed by atoms with van der Waals surface area (Å²) in [6.07, 6.45) is 74.9. The summed E-state index contributed by atoms with van der Waals surface area (Å²) in [7, 11) is 0. The number of ether oxygens (including phenoxy) is 3. The molecule has 0 aromatic carbocycles. The highest BCUT2D eigenvalue weighted by Crippen LogP contribution is 2.16. The molecule has 6 nitrogen and oxygen atoms in total. The van der Waals surface area contributed by atoms with E-state index in [0.717, 1.165) is 103 Å². The molecule has 70 heavy (non-hydrogen) atoms. The summed E-state index contributed by atoms with van der Waals surface area (Å²) in [5.41, 5.74) is 0. The maximum Gasteiger partial charge on any atom is 0.306 e. The third-order valence-electron chi connectivity index (χ3n) is 12.9. The Labute approximate surface area is 433 Å². The highest BCUT2D eigenvalue weighted by atomic mass is 16.6. The zero-order chi connectivity index (χ0) is 50.7. The Balaban J connectivity index is 4.13. The zero-order valence-electron chi connectivity index (χ0n) is 46.3. The molecule has 0 fully saturated rings. The molecule has 0 aliphatic heterocycles. The van der Waals surface area contributed by atoms with Crippen LogP contribution in [0, 0.1) is 0 Å². The normalized spacial score (nSPS) is 12.6. The van der Waals surface area contributed by atoms with Crippen LogP contribution in [0.5, 0.6) is 0 Å². The fraction of sp³-hybridized carbons (Fsp3) is 0.766. The Kier molecular flexibility index (Phi) is 55.8. The Morgan fingerprint density at radius 2 is 0.571 bits per heavy atom. The van der Waals surface area contributed by atoms with Gasteiger partial charge < -0.3 is 14.2 Å². The van der Waals surface area contributed by atoms with Crippen molar-refractivity contribution >= 4 is 17.9 Å². The van der Waals surface area contributed by atoms with Gasteiger partial charge in [0.25, 0.3) is 0 Å². The van der Waals surface area contributed by atoms with E-state index in [4.69, 9.17) is 14.2 Å². The minimum atomic E-state index is -0.780. The number of rotatable bonds is 54. The number of carbonyl (C=O) groups is 3. The van der Waals surface area contributed by atoms with Crippen molar-refractivity contribution in [1.29, 1.82) is 0 Å². The van der Waals surface area contributed by atoms with E-state index in [1.54, 1.807) is 0 Å². The zero-order valence-corrected chi connectivity index (χ0v) is 46.3. The van der Waals surface area contributed by atoms with Crippen molar-refractivity contribution in [3.8, 4) is 0 Å². The van der Waals surface area contributed by atoms with E-state index in [2.05, 4.69) is 93.7 Å². The number of hydrogen-bond acceptors (Lipinski definition) is 6. The summed E-state index contributed by atoms with van der Waals surface area (Å²) in [5, 5.41) is 0. The lowest BCUT2D eigenvalue weighted by Gasteiger charge is -2.18. The van der Waals surface area contributed by atoms with E-state index in [0.29, 0.717) is 19.3 Å². The highest BCUT2D eigenvalue weighted by molar-refractivity contribution is 5.71. The molecule has 0 aromatic heterocycles. The fourth-order valence-corrected chi connectivity index (χ4v) is 8.41. The maximum atomic E-state index is 12.8. The first kappa shape index (κ1) is 66.9. The van der Waals surface area contributed by atoms with Gasteiger partial charge >= 0.3 is 17.9 Å². The third kappa shape index (κ3) is 55.8. The van der Waals surface area contributed by atoms with E-state index in [-0.39, 0.29) is 31.1 Å². The highest BCUT2D eigenvalue weighted by Gasteiger charge is 2.19. The monoisotopic (exact) mass is 977 g/mol. The Morgan fingerprint density at radius 1 is 0.300 bits per heavy atom. The number of carbonyl (C=O) groups excluding carboxylic acids is 3. The molecule has 1 unspecified atom stereocenters. The fourth-order valence-electron chi connectivity index (χ4n) is 8.41. The molecule has 0 N–H and O–H groups in total. The molecule has 0 aliphatic rings. The van der Waals surface area contributed by atoms with Crippen LogP contribution in [0.2, 0.25) is 0 Å². The van der Waals surface area contributed by atoms with Gasteiger partial charge in [0.1, 0.15) is 13.2 Å². The van der Waals surface area contributed by atoms with Gasteiger partial charge in [0.05, 0.1) is 0 Å². The summed E-state index contributed by atoms with van der Waals surface area (Å²) < 4.78 is 16.8. The summed E-state index contributed by atoms with van der Waals surface area (Å²) >= 11 is 0. The van der Waals surface area contributed by atoms with Gasteiger partial charge in [-0.2, -0.15) is 0 Å². The first-order valence-corrected chi connectivity index (χ1v) is 29.9. The summed E-state index contributed by atoms with van der Waals surface area (Å²) in [6, 6.07) is 0. The van der Waals surface area contributed by atoms with Crippen LogP contribution in [0.1, 0.15) is 297 Å².